The summed E-state index contributed by atoms with van der Waals surface area (Å²) in [6, 6.07) is 22.2. The maximum atomic E-state index is 12.8. The van der Waals surface area contributed by atoms with E-state index in [2.05, 4.69) is 5.32 Å². The number of hydrogen-bond donors (Lipinski definition) is 1. The SMILES string of the molecule is CNC(=O)c1nc(-c2ccccc2)n(-c2cccc(Cl)c2)c1-c1cc(Cl)cc(Cl)c1. The molecule has 0 bridgehead atoms. The summed E-state index contributed by atoms with van der Waals surface area (Å²) >= 11 is 18.8. The Bertz CT molecular complexity index is 1220. The lowest BCUT2D eigenvalue weighted by Gasteiger charge is -2.14. The number of halogens is 3. The maximum Gasteiger partial charge on any atom is 0.271 e. The van der Waals surface area contributed by atoms with Crippen molar-refractivity contribution in [2.45, 2.75) is 0 Å². The second-order valence-electron chi connectivity index (χ2n) is 6.55. The summed E-state index contributed by atoms with van der Waals surface area (Å²) < 4.78 is 1.90. The number of aromatic nitrogens is 2. The van der Waals surface area contributed by atoms with Gasteiger partial charge in [0.1, 0.15) is 5.82 Å². The largest absolute Gasteiger partial charge is 0.354 e. The summed E-state index contributed by atoms with van der Waals surface area (Å²) in [5.74, 6) is 0.279. The molecule has 0 atom stereocenters. The molecule has 4 aromatic rings. The van der Waals surface area contributed by atoms with E-state index in [1.54, 1.807) is 31.3 Å². The summed E-state index contributed by atoms with van der Waals surface area (Å²) in [5.41, 5.74) is 3.10. The van der Waals surface area contributed by atoms with Gasteiger partial charge >= 0.3 is 0 Å². The number of imidazole rings is 1. The summed E-state index contributed by atoms with van der Waals surface area (Å²) in [5, 5.41) is 4.15. The first kappa shape index (κ1) is 20.5. The Balaban J connectivity index is 2.13. The zero-order valence-corrected chi connectivity index (χ0v) is 18.1. The average molecular weight is 457 g/mol. The minimum Gasteiger partial charge on any atom is -0.354 e. The van der Waals surface area contributed by atoms with E-state index in [0.29, 0.717) is 32.1 Å². The van der Waals surface area contributed by atoms with Crippen molar-refractivity contribution in [1.29, 1.82) is 0 Å². The molecule has 30 heavy (non-hydrogen) atoms. The van der Waals surface area contributed by atoms with Gasteiger partial charge < -0.3 is 5.32 Å². The lowest BCUT2D eigenvalue weighted by atomic mass is 10.1. The molecule has 1 aromatic heterocycles. The summed E-state index contributed by atoms with van der Waals surface area (Å²) in [7, 11) is 1.57. The lowest BCUT2D eigenvalue weighted by Crippen LogP contribution is -2.19. The van der Waals surface area contributed by atoms with Crippen LogP contribution in [-0.4, -0.2) is 22.5 Å². The van der Waals surface area contributed by atoms with E-state index in [-0.39, 0.29) is 11.6 Å². The topological polar surface area (TPSA) is 46.9 Å². The molecule has 0 radical (unpaired) electrons. The van der Waals surface area contributed by atoms with Crippen molar-refractivity contribution >= 4 is 40.7 Å². The molecule has 0 aliphatic carbocycles. The van der Waals surface area contributed by atoms with Gasteiger partial charge in [-0.3, -0.25) is 9.36 Å². The molecule has 0 aliphatic heterocycles. The molecule has 4 nitrogen and oxygen atoms in total. The zero-order valence-electron chi connectivity index (χ0n) is 15.9. The first-order valence-corrected chi connectivity index (χ1v) is 10.2. The fourth-order valence-corrected chi connectivity index (χ4v) is 4.01. The molecule has 7 heteroatoms. The van der Waals surface area contributed by atoms with Crippen molar-refractivity contribution in [3.05, 3.63) is 93.6 Å². The van der Waals surface area contributed by atoms with Crippen LogP contribution < -0.4 is 5.32 Å². The van der Waals surface area contributed by atoms with Gasteiger partial charge in [0.15, 0.2) is 5.69 Å². The van der Waals surface area contributed by atoms with Crippen LogP contribution in [0.3, 0.4) is 0 Å². The van der Waals surface area contributed by atoms with E-state index < -0.39 is 0 Å². The van der Waals surface area contributed by atoms with Gasteiger partial charge in [-0.25, -0.2) is 4.98 Å². The molecule has 1 N–H and O–H groups in total. The van der Waals surface area contributed by atoms with Crippen LogP contribution in [-0.2, 0) is 0 Å². The van der Waals surface area contributed by atoms with Gasteiger partial charge in [-0.15, -0.1) is 0 Å². The van der Waals surface area contributed by atoms with Gasteiger partial charge in [0.05, 0.1) is 5.69 Å². The Morgan fingerprint density at radius 2 is 1.53 bits per heavy atom. The molecule has 0 unspecified atom stereocenters. The molecule has 0 saturated carbocycles. The monoisotopic (exact) mass is 455 g/mol. The third-order valence-electron chi connectivity index (χ3n) is 4.55. The molecule has 1 heterocycles. The maximum absolute atomic E-state index is 12.8. The fourth-order valence-electron chi connectivity index (χ4n) is 3.30. The molecular formula is C23H16Cl3N3O. The van der Waals surface area contributed by atoms with Crippen LogP contribution in [0.15, 0.2) is 72.8 Å². The zero-order chi connectivity index (χ0) is 21.3. The molecule has 0 fully saturated rings. The molecular weight excluding hydrogens is 441 g/mol. The van der Waals surface area contributed by atoms with Crippen molar-refractivity contribution in [1.82, 2.24) is 14.9 Å². The number of rotatable bonds is 4. The van der Waals surface area contributed by atoms with Crippen LogP contribution in [0, 0.1) is 0 Å². The Labute approximate surface area is 189 Å². The first-order valence-electron chi connectivity index (χ1n) is 9.10. The number of nitrogens with one attached hydrogen (secondary N) is 1. The molecule has 150 valence electrons. The normalized spacial score (nSPS) is 10.8. The van der Waals surface area contributed by atoms with Crippen LogP contribution in [0.1, 0.15) is 10.5 Å². The molecule has 1 amide bonds. The van der Waals surface area contributed by atoms with Gasteiger partial charge in [-0.05, 0) is 36.4 Å². The minimum atomic E-state index is -0.320. The number of carbonyl (C=O) groups excluding carboxylic acids is 1. The van der Waals surface area contributed by atoms with E-state index >= 15 is 0 Å². The molecule has 3 aromatic carbocycles. The third-order valence-corrected chi connectivity index (χ3v) is 5.23. The van der Waals surface area contributed by atoms with E-state index in [4.69, 9.17) is 39.8 Å². The van der Waals surface area contributed by atoms with Crippen LogP contribution >= 0.6 is 34.8 Å². The highest BCUT2D eigenvalue weighted by molar-refractivity contribution is 6.35. The number of amides is 1. The highest BCUT2D eigenvalue weighted by Crippen LogP contribution is 2.36. The molecule has 0 spiro atoms. The van der Waals surface area contributed by atoms with Gasteiger partial charge in [0.2, 0.25) is 0 Å². The fraction of sp³-hybridized carbons (Fsp3) is 0.0435. The highest BCUT2D eigenvalue weighted by atomic mass is 35.5. The van der Waals surface area contributed by atoms with E-state index in [1.165, 1.54) is 0 Å². The summed E-state index contributed by atoms with van der Waals surface area (Å²) in [4.78, 5) is 17.5. The second-order valence-corrected chi connectivity index (χ2v) is 7.86. The Hall–Kier alpha value is -2.79. The number of hydrogen-bond acceptors (Lipinski definition) is 2. The third kappa shape index (κ3) is 3.94. The van der Waals surface area contributed by atoms with Gasteiger partial charge in [0.25, 0.3) is 5.91 Å². The first-order chi connectivity index (χ1) is 14.5. The van der Waals surface area contributed by atoms with Crippen molar-refractivity contribution in [2.75, 3.05) is 7.05 Å². The lowest BCUT2D eigenvalue weighted by molar-refractivity contribution is 0.0959. The van der Waals surface area contributed by atoms with Gasteiger partial charge in [0, 0.05) is 38.9 Å². The smallest absolute Gasteiger partial charge is 0.271 e. The average Bonchev–Trinajstić information content (AvgIpc) is 3.14. The van der Waals surface area contributed by atoms with E-state index in [1.807, 2.05) is 53.1 Å². The van der Waals surface area contributed by atoms with Crippen molar-refractivity contribution < 1.29 is 4.79 Å². The Kier molecular flexibility index (Phi) is 5.82. The minimum absolute atomic E-state index is 0.259. The molecule has 0 saturated heterocycles. The van der Waals surface area contributed by atoms with Crippen LogP contribution in [0.5, 0.6) is 0 Å². The molecule has 4 rings (SSSR count). The van der Waals surface area contributed by atoms with Crippen molar-refractivity contribution in [3.63, 3.8) is 0 Å². The summed E-state index contributed by atoms with van der Waals surface area (Å²) in [6.07, 6.45) is 0. The number of benzene rings is 3. The number of carbonyl (C=O) groups is 1. The van der Waals surface area contributed by atoms with Crippen LogP contribution in [0.2, 0.25) is 15.1 Å². The quantitative estimate of drug-likeness (QED) is 0.380. The summed E-state index contributed by atoms with van der Waals surface area (Å²) in [6.45, 7) is 0. The van der Waals surface area contributed by atoms with Crippen LogP contribution in [0.4, 0.5) is 0 Å². The standard InChI is InChI=1S/C23H16Cl3N3O/c1-27-23(30)20-21(15-10-17(25)12-18(26)11-15)29(19-9-5-8-16(24)13-19)22(28-20)14-6-3-2-4-7-14/h2-13H,1H3,(H,27,30). The number of nitrogens with zero attached hydrogens (tertiary/aromatic N) is 2. The van der Waals surface area contributed by atoms with Gasteiger partial charge in [-0.2, -0.15) is 0 Å². The van der Waals surface area contributed by atoms with Crippen molar-refractivity contribution in [3.8, 4) is 28.3 Å². The van der Waals surface area contributed by atoms with E-state index in [0.717, 1.165) is 11.3 Å². The van der Waals surface area contributed by atoms with E-state index in [9.17, 15) is 4.79 Å². The van der Waals surface area contributed by atoms with Gasteiger partial charge in [-0.1, -0.05) is 71.2 Å². The highest BCUT2D eigenvalue weighted by Gasteiger charge is 2.25. The van der Waals surface area contributed by atoms with Crippen LogP contribution in [0.25, 0.3) is 28.3 Å². The molecule has 0 aliphatic rings. The predicted octanol–water partition coefficient (Wildman–Crippen LogP) is 6.53. The Morgan fingerprint density at radius 1 is 0.833 bits per heavy atom. The Morgan fingerprint density at radius 3 is 2.17 bits per heavy atom. The van der Waals surface area contributed by atoms with Crippen molar-refractivity contribution in [2.24, 2.45) is 0 Å². The predicted molar refractivity (Wildman–Crippen MR) is 123 cm³/mol. The second kappa shape index (κ2) is 8.52.